The number of nitrogens with zero attached hydrogens (tertiary/aromatic N) is 3. The van der Waals surface area contributed by atoms with E-state index in [1.807, 2.05) is 42.5 Å². The Bertz CT molecular complexity index is 2380. The molecule has 1 heterocycles. The maximum absolute atomic E-state index is 7.30. The number of aromatic nitrogens is 2. The van der Waals surface area contributed by atoms with Crippen molar-refractivity contribution in [2.24, 2.45) is 0 Å². The van der Waals surface area contributed by atoms with Crippen LogP contribution in [0.25, 0.3) is 82.2 Å². The molecule has 0 unspecified atom stereocenters. The summed E-state index contributed by atoms with van der Waals surface area (Å²) in [6.07, 6.45) is 0. The Morgan fingerprint density at radius 2 is 1.09 bits per heavy atom. The van der Waals surface area contributed by atoms with E-state index in [2.05, 4.69) is 114 Å². The van der Waals surface area contributed by atoms with Gasteiger partial charge in [-0.15, -0.1) is 0 Å². The highest BCUT2D eigenvalue weighted by molar-refractivity contribution is 6.21. The van der Waals surface area contributed by atoms with Crippen LogP contribution in [-0.4, -0.2) is 9.97 Å². The van der Waals surface area contributed by atoms with E-state index in [0.29, 0.717) is 11.5 Å². The molecule has 44 heavy (non-hydrogen) atoms. The van der Waals surface area contributed by atoms with Gasteiger partial charge in [-0.1, -0.05) is 133 Å². The van der Waals surface area contributed by atoms with E-state index in [1.54, 1.807) is 0 Å². The van der Waals surface area contributed by atoms with Crippen molar-refractivity contribution in [3.05, 3.63) is 163 Å². The van der Waals surface area contributed by atoms with Crippen LogP contribution in [0.3, 0.4) is 0 Å². The molecule has 0 bridgehead atoms. The second-order valence-corrected chi connectivity index (χ2v) is 10.9. The van der Waals surface area contributed by atoms with Gasteiger partial charge in [0.1, 0.15) is 0 Å². The molecule has 0 amide bonds. The zero-order chi connectivity index (χ0) is 29.5. The van der Waals surface area contributed by atoms with Crippen LogP contribution in [0.15, 0.2) is 152 Å². The molecule has 0 spiro atoms. The van der Waals surface area contributed by atoms with Gasteiger partial charge in [0, 0.05) is 16.7 Å². The Morgan fingerprint density at radius 1 is 0.432 bits per heavy atom. The van der Waals surface area contributed by atoms with Crippen LogP contribution < -0.4 is 0 Å². The Labute approximate surface area is 255 Å². The molecule has 0 saturated carbocycles. The summed E-state index contributed by atoms with van der Waals surface area (Å²) in [6.45, 7) is 7.30. The van der Waals surface area contributed by atoms with Gasteiger partial charge in [0.25, 0.3) is 0 Å². The molecule has 3 nitrogen and oxygen atoms in total. The first-order chi connectivity index (χ1) is 21.7. The summed E-state index contributed by atoms with van der Waals surface area (Å²) in [5, 5.41) is 7.12. The van der Waals surface area contributed by atoms with Crippen molar-refractivity contribution in [1.82, 2.24) is 9.97 Å². The summed E-state index contributed by atoms with van der Waals surface area (Å²) >= 11 is 0. The van der Waals surface area contributed by atoms with E-state index in [9.17, 15) is 0 Å². The van der Waals surface area contributed by atoms with Crippen molar-refractivity contribution in [2.75, 3.05) is 0 Å². The number of hydrogen-bond acceptors (Lipinski definition) is 2. The molecule has 1 aromatic heterocycles. The molecular weight excluding hydrogens is 534 g/mol. The van der Waals surface area contributed by atoms with E-state index < -0.39 is 0 Å². The highest BCUT2D eigenvalue weighted by atomic mass is 14.9. The summed E-state index contributed by atoms with van der Waals surface area (Å²) in [4.78, 5) is 13.9. The molecule has 0 radical (unpaired) electrons. The quantitative estimate of drug-likeness (QED) is 0.122. The summed E-state index contributed by atoms with van der Waals surface area (Å²) < 4.78 is 0. The van der Waals surface area contributed by atoms with Crippen LogP contribution in [0.5, 0.6) is 0 Å². The first-order valence-corrected chi connectivity index (χ1v) is 14.6. The van der Waals surface area contributed by atoms with Gasteiger partial charge in [0.05, 0.1) is 18.0 Å². The Hall–Kier alpha value is -6.11. The van der Waals surface area contributed by atoms with Crippen LogP contribution in [0.1, 0.15) is 0 Å². The molecule has 0 saturated heterocycles. The maximum Gasteiger partial charge on any atom is 0.187 e. The monoisotopic (exact) mass is 559 g/mol. The maximum atomic E-state index is 7.30. The third kappa shape index (κ3) is 4.47. The van der Waals surface area contributed by atoms with Gasteiger partial charge in [-0.25, -0.2) is 14.8 Å². The summed E-state index contributed by atoms with van der Waals surface area (Å²) in [5.74, 6) is 0.686. The van der Waals surface area contributed by atoms with Crippen LogP contribution >= 0.6 is 0 Å². The first-order valence-electron chi connectivity index (χ1n) is 14.6. The third-order valence-electron chi connectivity index (χ3n) is 8.25. The zero-order valence-corrected chi connectivity index (χ0v) is 23.8. The fourth-order valence-electron chi connectivity index (χ4n) is 6.13. The second kappa shape index (κ2) is 10.6. The van der Waals surface area contributed by atoms with Gasteiger partial charge in [0.15, 0.2) is 11.5 Å². The number of hydrogen-bond donors (Lipinski definition) is 0. The molecule has 204 valence electrons. The van der Waals surface area contributed by atoms with Crippen molar-refractivity contribution in [2.45, 2.75) is 0 Å². The molecule has 0 fully saturated rings. The van der Waals surface area contributed by atoms with Crippen molar-refractivity contribution < 1.29 is 0 Å². The Balaban J connectivity index is 1.42. The highest BCUT2D eigenvalue weighted by Gasteiger charge is 2.17. The van der Waals surface area contributed by atoms with E-state index in [0.717, 1.165) is 44.6 Å². The molecular formula is C41H25N3. The average Bonchev–Trinajstić information content (AvgIpc) is 3.11. The normalized spacial score (nSPS) is 11.2. The highest BCUT2D eigenvalue weighted by Crippen LogP contribution is 2.41. The molecule has 8 aromatic rings. The number of benzene rings is 7. The SMILES string of the molecule is [C-]#[N+]c1ccc(-c2cccc(-c3cc(-c4c5ccccc5cc5ccc6ccccc6c45)nc(-c4ccccc4)n3)c2)cc1. The topological polar surface area (TPSA) is 30.1 Å². The van der Waals surface area contributed by atoms with Gasteiger partial charge < -0.3 is 0 Å². The molecule has 0 N–H and O–H groups in total. The molecule has 0 atom stereocenters. The van der Waals surface area contributed by atoms with Crippen LogP contribution in [0.2, 0.25) is 0 Å². The molecule has 0 aliphatic heterocycles. The Kier molecular flexibility index (Phi) is 6.18. The predicted molar refractivity (Wildman–Crippen MR) is 183 cm³/mol. The fourth-order valence-corrected chi connectivity index (χ4v) is 6.13. The minimum atomic E-state index is 0.632. The molecule has 7 aromatic carbocycles. The minimum Gasteiger partial charge on any atom is -0.238 e. The molecule has 0 aliphatic rings. The summed E-state index contributed by atoms with van der Waals surface area (Å²) in [6, 6.07) is 52.4. The first kappa shape index (κ1) is 25.6. The summed E-state index contributed by atoms with van der Waals surface area (Å²) in [5.41, 5.74) is 7.59. The van der Waals surface area contributed by atoms with Gasteiger partial charge in [-0.3, -0.25) is 0 Å². The smallest absolute Gasteiger partial charge is 0.187 e. The van der Waals surface area contributed by atoms with E-state index in [1.165, 1.54) is 26.9 Å². The van der Waals surface area contributed by atoms with Crippen molar-refractivity contribution in [3.8, 4) is 45.0 Å². The van der Waals surface area contributed by atoms with Crippen LogP contribution in [0, 0.1) is 6.57 Å². The fraction of sp³-hybridized carbons (Fsp3) is 0. The standard InChI is InChI=1S/C41H25N3/c1-42-34-22-20-27(21-23-34)30-14-9-15-32(24-30)37-26-38(44-41(43-37)29-11-3-2-4-12-29)40-36-17-8-6-13-31(36)25-33-19-18-28-10-5-7-16-35(28)39(33)40/h2-26H. The van der Waals surface area contributed by atoms with Gasteiger partial charge in [0.2, 0.25) is 0 Å². The predicted octanol–water partition coefficient (Wildman–Crippen LogP) is 11.2. The van der Waals surface area contributed by atoms with Gasteiger partial charge >= 0.3 is 0 Å². The lowest BCUT2D eigenvalue weighted by Crippen LogP contribution is -1.97. The third-order valence-corrected chi connectivity index (χ3v) is 8.25. The van der Waals surface area contributed by atoms with E-state index in [4.69, 9.17) is 16.5 Å². The largest absolute Gasteiger partial charge is 0.238 e. The molecule has 0 aliphatic carbocycles. The zero-order valence-electron chi connectivity index (χ0n) is 23.8. The Morgan fingerprint density at radius 3 is 1.91 bits per heavy atom. The van der Waals surface area contributed by atoms with Gasteiger partial charge in [-0.05, 0) is 61.6 Å². The van der Waals surface area contributed by atoms with Crippen molar-refractivity contribution in [3.63, 3.8) is 0 Å². The lowest BCUT2D eigenvalue weighted by atomic mass is 9.90. The van der Waals surface area contributed by atoms with Crippen molar-refractivity contribution in [1.29, 1.82) is 0 Å². The van der Waals surface area contributed by atoms with Crippen LogP contribution in [-0.2, 0) is 0 Å². The number of fused-ring (bicyclic) bond motifs is 4. The molecule has 3 heteroatoms. The lowest BCUT2D eigenvalue weighted by molar-refractivity contribution is 1.19. The minimum absolute atomic E-state index is 0.632. The lowest BCUT2D eigenvalue weighted by Gasteiger charge is -2.16. The average molecular weight is 560 g/mol. The van der Waals surface area contributed by atoms with E-state index >= 15 is 0 Å². The van der Waals surface area contributed by atoms with Crippen LogP contribution in [0.4, 0.5) is 5.69 Å². The second-order valence-electron chi connectivity index (χ2n) is 10.9. The van der Waals surface area contributed by atoms with Gasteiger partial charge in [-0.2, -0.15) is 0 Å². The van der Waals surface area contributed by atoms with E-state index in [-0.39, 0.29) is 0 Å². The molecule has 8 rings (SSSR count). The van der Waals surface area contributed by atoms with Crippen molar-refractivity contribution >= 4 is 38.0 Å². The number of rotatable bonds is 4. The summed E-state index contributed by atoms with van der Waals surface area (Å²) in [7, 11) is 0.